The molecule has 0 spiro atoms. The summed E-state index contributed by atoms with van der Waals surface area (Å²) in [6.45, 7) is 3.92. The molecule has 0 unspecified atom stereocenters. The molecular formula is C19H21N5O. The number of hydrogen-bond acceptors (Lipinski definition) is 6. The topological polar surface area (TPSA) is 83.0 Å². The first-order valence-corrected chi connectivity index (χ1v) is 8.15. The van der Waals surface area contributed by atoms with Crippen LogP contribution in [0.5, 0.6) is 0 Å². The Morgan fingerprint density at radius 1 is 1.08 bits per heavy atom. The summed E-state index contributed by atoms with van der Waals surface area (Å²) in [7, 11) is 0. The average Bonchev–Trinajstić information content (AvgIpc) is 2.64. The monoisotopic (exact) mass is 335 g/mol. The van der Waals surface area contributed by atoms with Crippen LogP contribution >= 0.6 is 0 Å². The zero-order chi connectivity index (χ0) is 17.6. The number of nitrogens with one attached hydrogen (secondary N) is 2. The van der Waals surface area contributed by atoms with Gasteiger partial charge in [-0.2, -0.15) is 4.98 Å². The van der Waals surface area contributed by atoms with E-state index in [0.717, 1.165) is 22.5 Å². The summed E-state index contributed by atoms with van der Waals surface area (Å²) in [5.41, 5.74) is 3.85. The Balaban J connectivity index is 1.99. The first-order valence-electron chi connectivity index (χ1n) is 8.15. The number of aromatic nitrogens is 3. The Labute approximate surface area is 147 Å². The highest BCUT2D eigenvalue weighted by Crippen LogP contribution is 2.24. The molecule has 0 aliphatic heterocycles. The zero-order valence-electron chi connectivity index (χ0n) is 14.3. The van der Waals surface area contributed by atoms with E-state index in [1.54, 1.807) is 12.4 Å². The maximum absolute atomic E-state index is 9.28. The molecule has 0 amide bonds. The number of aliphatic hydroxyl groups is 1. The summed E-state index contributed by atoms with van der Waals surface area (Å²) in [4.78, 5) is 13.1. The number of aliphatic hydroxyl groups excluding tert-OH is 1. The normalized spacial score (nSPS) is 11.8. The molecule has 0 radical (unpaired) electrons. The van der Waals surface area contributed by atoms with Crippen LogP contribution in [0.2, 0.25) is 0 Å². The van der Waals surface area contributed by atoms with Crippen LogP contribution in [0.15, 0.2) is 54.9 Å². The second-order valence-electron chi connectivity index (χ2n) is 5.87. The minimum Gasteiger partial charge on any atom is -0.394 e. The third-order valence-electron chi connectivity index (χ3n) is 3.76. The van der Waals surface area contributed by atoms with Gasteiger partial charge in [-0.1, -0.05) is 18.2 Å². The van der Waals surface area contributed by atoms with Crippen molar-refractivity contribution >= 4 is 17.5 Å². The van der Waals surface area contributed by atoms with Crippen LogP contribution in [-0.4, -0.2) is 32.7 Å². The molecule has 0 saturated carbocycles. The summed E-state index contributed by atoms with van der Waals surface area (Å²) in [5.74, 6) is 1.15. The first kappa shape index (κ1) is 16.9. The Morgan fingerprint density at radius 2 is 1.84 bits per heavy atom. The summed E-state index contributed by atoms with van der Waals surface area (Å²) in [5, 5.41) is 15.7. The number of benzene rings is 1. The zero-order valence-corrected chi connectivity index (χ0v) is 14.3. The third-order valence-corrected chi connectivity index (χ3v) is 3.76. The van der Waals surface area contributed by atoms with Crippen molar-refractivity contribution in [3.63, 3.8) is 0 Å². The second kappa shape index (κ2) is 7.72. The van der Waals surface area contributed by atoms with Gasteiger partial charge in [0, 0.05) is 35.8 Å². The molecule has 0 bridgehead atoms. The number of aryl methyl sites for hydroxylation is 1. The molecule has 3 aromatic rings. The van der Waals surface area contributed by atoms with E-state index >= 15 is 0 Å². The van der Waals surface area contributed by atoms with Gasteiger partial charge < -0.3 is 15.7 Å². The molecule has 3 rings (SSSR count). The molecule has 1 atom stereocenters. The van der Waals surface area contributed by atoms with Gasteiger partial charge in [0.1, 0.15) is 5.82 Å². The van der Waals surface area contributed by atoms with Crippen LogP contribution < -0.4 is 10.6 Å². The van der Waals surface area contributed by atoms with Crippen LogP contribution in [0.3, 0.4) is 0 Å². The number of anilines is 3. The SMILES string of the molecule is Cc1ccccc1Nc1cc(-c2ccncc2)nc(N[C@@H](C)CO)n1. The van der Waals surface area contributed by atoms with Gasteiger partial charge >= 0.3 is 0 Å². The van der Waals surface area contributed by atoms with Crippen molar-refractivity contribution in [2.24, 2.45) is 0 Å². The van der Waals surface area contributed by atoms with Crippen LogP contribution in [0, 0.1) is 6.92 Å². The summed E-state index contributed by atoms with van der Waals surface area (Å²) < 4.78 is 0. The van der Waals surface area contributed by atoms with E-state index in [-0.39, 0.29) is 12.6 Å². The van der Waals surface area contributed by atoms with Gasteiger partial charge in [-0.25, -0.2) is 4.98 Å². The van der Waals surface area contributed by atoms with Crippen molar-refractivity contribution < 1.29 is 5.11 Å². The van der Waals surface area contributed by atoms with Crippen molar-refractivity contribution in [1.29, 1.82) is 0 Å². The Hall–Kier alpha value is -2.99. The number of pyridine rings is 1. The molecule has 0 saturated heterocycles. The number of nitrogens with zero attached hydrogens (tertiary/aromatic N) is 3. The van der Waals surface area contributed by atoms with E-state index in [0.29, 0.717) is 11.8 Å². The predicted molar refractivity (Wildman–Crippen MR) is 99.9 cm³/mol. The maximum atomic E-state index is 9.28. The van der Waals surface area contributed by atoms with Crippen molar-refractivity contribution in [2.45, 2.75) is 19.9 Å². The van der Waals surface area contributed by atoms with E-state index in [4.69, 9.17) is 0 Å². The summed E-state index contributed by atoms with van der Waals surface area (Å²) in [6, 6.07) is 13.6. The molecule has 128 valence electrons. The molecule has 6 heteroatoms. The molecule has 1 aromatic carbocycles. The van der Waals surface area contributed by atoms with Gasteiger partial charge in [0.2, 0.25) is 5.95 Å². The van der Waals surface area contributed by atoms with Gasteiger partial charge in [-0.3, -0.25) is 4.98 Å². The van der Waals surface area contributed by atoms with Crippen LogP contribution in [-0.2, 0) is 0 Å². The van der Waals surface area contributed by atoms with Gasteiger partial charge in [-0.05, 0) is 37.6 Å². The highest BCUT2D eigenvalue weighted by atomic mass is 16.3. The molecule has 2 heterocycles. The lowest BCUT2D eigenvalue weighted by molar-refractivity contribution is 0.281. The number of rotatable bonds is 6. The van der Waals surface area contributed by atoms with E-state index in [1.165, 1.54) is 0 Å². The van der Waals surface area contributed by atoms with E-state index in [1.807, 2.05) is 56.3 Å². The Morgan fingerprint density at radius 3 is 2.56 bits per heavy atom. The maximum Gasteiger partial charge on any atom is 0.225 e. The van der Waals surface area contributed by atoms with Crippen LogP contribution in [0.4, 0.5) is 17.5 Å². The highest BCUT2D eigenvalue weighted by Gasteiger charge is 2.10. The standard InChI is InChI=1S/C19H21N5O/c1-13-5-3-4-6-16(13)22-18-11-17(15-7-9-20-10-8-15)23-19(24-18)21-14(2)12-25/h3-11,14,25H,12H2,1-2H3,(H2,21,22,23,24)/t14-/m0/s1. The van der Waals surface area contributed by atoms with E-state index in [2.05, 4.69) is 25.6 Å². The minimum absolute atomic E-state index is 0.00337. The van der Waals surface area contributed by atoms with E-state index < -0.39 is 0 Å². The molecule has 0 fully saturated rings. The third kappa shape index (κ3) is 4.30. The molecule has 6 nitrogen and oxygen atoms in total. The lowest BCUT2D eigenvalue weighted by Crippen LogP contribution is -2.21. The van der Waals surface area contributed by atoms with E-state index in [9.17, 15) is 5.11 Å². The fraction of sp³-hybridized carbons (Fsp3) is 0.211. The molecule has 0 aliphatic carbocycles. The molecule has 3 N–H and O–H groups in total. The van der Waals surface area contributed by atoms with Crippen LogP contribution in [0.1, 0.15) is 12.5 Å². The smallest absolute Gasteiger partial charge is 0.225 e. The Kier molecular flexibility index (Phi) is 5.20. The van der Waals surface area contributed by atoms with Gasteiger partial charge in [0.05, 0.1) is 12.3 Å². The molecule has 2 aromatic heterocycles. The number of hydrogen-bond donors (Lipinski definition) is 3. The van der Waals surface area contributed by atoms with Crippen molar-refractivity contribution in [3.8, 4) is 11.3 Å². The quantitative estimate of drug-likeness (QED) is 0.640. The van der Waals surface area contributed by atoms with Crippen molar-refractivity contribution in [1.82, 2.24) is 15.0 Å². The van der Waals surface area contributed by atoms with Crippen molar-refractivity contribution in [2.75, 3.05) is 17.2 Å². The minimum atomic E-state index is -0.140. The lowest BCUT2D eigenvalue weighted by atomic mass is 10.2. The van der Waals surface area contributed by atoms with Crippen molar-refractivity contribution in [3.05, 3.63) is 60.4 Å². The van der Waals surface area contributed by atoms with Gasteiger partial charge in [0.25, 0.3) is 0 Å². The predicted octanol–water partition coefficient (Wildman–Crippen LogP) is 3.38. The highest BCUT2D eigenvalue weighted by molar-refractivity contribution is 5.68. The fourth-order valence-corrected chi connectivity index (χ4v) is 2.36. The molecular weight excluding hydrogens is 314 g/mol. The van der Waals surface area contributed by atoms with Crippen LogP contribution in [0.25, 0.3) is 11.3 Å². The fourth-order valence-electron chi connectivity index (χ4n) is 2.36. The largest absolute Gasteiger partial charge is 0.394 e. The summed E-state index contributed by atoms with van der Waals surface area (Å²) in [6.07, 6.45) is 3.46. The molecule has 0 aliphatic rings. The molecule has 25 heavy (non-hydrogen) atoms. The number of para-hydroxylation sites is 1. The summed E-state index contributed by atoms with van der Waals surface area (Å²) >= 11 is 0. The first-order chi connectivity index (χ1) is 12.2. The average molecular weight is 335 g/mol. The second-order valence-corrected chi connectivity index (χ2v) is 5.87. The van der Waals surface area contributed by atoms with Gasteiger partial charge in [0.15, 0.2) is 0 Å². The van der Waals surface area contributed by atoms with Gasteiger partial charge in [-0.15, -0.1) is 0 Å². The Bertz CT molecular complexity index is 838. The lowest BCUT2D eigenvalue weighted by Gasteiger charge is -2.15.